The first-order chi connectivity index (χ1) is 15.2. The highest BCUT2D eigenvalue weighted by Gasteiger charge is 2.29. The highest BCUT2D eigenvalue weighted by Crippen LogP contribution is 2.33. The van der Waals surface area contributed by atoms with Crippen molar-refractivity contribution in [3.63, 3.8) is 0 Å². The molecule has 0 bridgehead atoms. The van der Waals surface area contributed by atoms with Gasteiger partial charge in [-0.25, -0.2) is 0 Å². The van der Waals surface area contributed by atoms with Crippen LogP contribution in [0, 0.1) is 0 Å². The van der Waals surface area contributed by atoms with E-state index in [1.54, 1.807) is 18.4 Å². The van der Waals surface area contributed by atoms with Crippen LogP contribution in [-0.2, 0) is 11.3 Å². The smallest absolute Gasteiger partial charge is 0.257 e. The highest BCUT2D eigenvalue weighted by atomic mass is 32.1. The molecule has 1 aromatic carbocycles. The SMILES string of the molecule is CCCN(Cc1nnc(-c2cccs2)o1)C(=O)CN1CCCC1c1cccc(OC)c1. The quantitative estimate of drug-likeness (QED) is 0.492. The Labute approximate surface area is 186 Å². The number of hydrogen-bond donors (Lipinski definition) is 0. The van der Waals surface area contributed by atoms with E-state index in [9.17, 15) is 4.79 Å². The minimum Gasteiger partial charge on any atom is -0.497 e. The molecule has 0 N–H and O–H groups in total. The van der Waals surface area contributed by atoms with Gasteiger partial charge in [-0.15, -0.1) is 21.5 Å². The lowest BCUT2D eigenvalue weighted by Gasteiger charge is -2.28. The summed E-state index contributed by atoms with van der Waals surface area (Å²) in [5.41, 5.74) is 1.20. The first-order valence-electron chi connectivity index (χ1n) is 10.7. The van der Waals surface area contributed by atoms with Crippen molar-refractivity contribution in [3.05, 3.63) is 53.2 Å². The van der Waals surface area contributed by atoms with Crippen molar-refractivity contribution in [2.75, 3.05) is 26.7 Å². The summed E-state index contributed by atoms with van der Waals surface area (Å²) >= 11 is 1.55. The first-order valence-corrected chi connectivity index (χ1v) is 11.6. The number of amides is 1. The van der Waals surface area contributed by atoms with Crippen LogP contribution in [0.2, 0.25) is 0 Å². The molecule has 4 rings (SSSR count). The number of carbonyl (C=O) groups excluding carboxylic acids is 1. The molecule has 1 amide bonds. The highest BCUT2D eigenvalue weighted by molar-refractivity contribution is 7.13. The van der Waals surface area contributed by atoms with Gasteiger partial charge >= 0.3 is 0 Å². The summed E-state index contributed by atoms with van der Waals surface area (Å²) < 4.78 is 11.2. The Bertz CT molecular complexity index is 988. The van der Waals surface area contributed by atoms with Crippen molar-refractivity contribution in [2.24, 2.45) is 0 Å². The number of carbonyl (C=O) groups is 1. The van der Waals surface area contributed by atoms with Crippen LogP contribution < -0.4 is 4.74 Å². The zero-order valence-electron chi connectivity index (χ0n) is 18.0. The third-order valence-electron chi connectivity index (χ3n) is 5.55. The Morgan fingerprint density at radius 2 is 2.23 bits per heavy atom. The average molecular weight is 441 g/mol. The summed E-state index contributed by atoms with van der Waals surface area (Å²) in [4.78, 5) is 18.2. The van der Waals surface area contributed by atoms with E-state index in [0.29, 0.717) is 31.4 Å². The summed E-state index contributed by atoms with van der Waals surface area (Å²) in [5.74, 6) is 1.91. The van der Waals surface area contributed by atoms with Crippen LogP contribution in [0.25, 0.3) is 10.8 Å². The monoisotopic (exact) mass is 440 g/mol. The molecule has 1 atom stereocenters. The van der Waals surface area contributed by atoms with Gasteiger partial charge in [-0.05, 0) is 54.9 Å². The molecule has 2 aromatic heterocycles. The van der Waals surface area contributed by atoms with Crippen LogP contribution in [0.4, 0.5) is 0 Å². The lowest BCUT2D eigenvalue weighted by molar-refractivity contribution is -0.133. The fourth-order valence-electron chi connectivity index (χ4n) is 4.06. The van der Waals surface area contributed by atoms with Gasteiger partial charge in [-0.2, -0.15) is 0 Å². The molecule has 1 aliphatic rings. The molecule has 1 fully saturated rings. The second kappa shape index (κ2) is 10.1. The van der Waals surface area contributed by atoms with Gasteiger partial charge in [0.15, 0.2) is 0 Å². The Morgan fingerprint density at radius 1 is 1.32 bits per heavy atom. The molecule has 31 heavy (non-hydrogen) atoms. The zero-order chi connectivity index (χ0) is 21.6. The molecule has 0 aliphatic carbocycles. The molecule has 0 radical (unpaired) electrons. The van der Waals surface area contributed by atoms with Gasteiger partial charge in [0, 0.05) is 12.6 Å². The zero-order valence-corrected chi connectivity index (χ0v) is 18.8. The number of rotatable bonds is 9. The standard InChI is InChI=1S/C23H28N4O3S/c1-3-11-27(15-21-24-25-23(30-21)20-10-6-13-31-20)22(28)16-26-12-5-9-19(26)17-7-4-8-18(14-17)29-2/h4,6-8,10,13-14,19H,3,5,9,11-12,15-16H2,1-2H3. The van der Waals surface area contributed by atoms with Gasteiger partial charge in [0.1, 0.15) is 5.75 Å². The number of thiophene rings is 1. The fraction of sp³-hybridized carbons (Fsp3) is 0.435. The summed E-state index contributed by atoms with van der Waals surface area (Å²) in [6, 6.07) is 12.3. The maximum Gasteiger partial charge on any atom is 0.257 e. The third-order valence-corrected chi connectivity index (χ3v) is 6.41. The Balaban J connectivity index is 1.43. The van der Waals surface area contributed by atoms with Crippen molar-refractivity contribution < 1.29 is 13.9 Å². The predicted molar refractivity (Wildman–Crippen MR) is 120 cm³/mol. The van der Waals surface area contributed by atoms with Crippen molar-refractivity contribution >= 4 is 17.2 Å². The van der Waals surface area contributed by atoms with Crippen LogP contribution in [0.3, 0.4) is 0 Å². The number of likely N-dealkylation sites (tertiary alicyclic amines) is 1. The van der Waals surface area contributed by atoms with Crippen LogP contribution in [-0.4, -0.2) is 52.6 Å². The summed E-state index contributed by atoms with van der Waals surface area (Å²) in [5, 5.41) is 10.3. The topological polar surface area (TPSA) is 71.7 Å². The van der Waals surface area contributed by atoms with E-state index < -0.39 is 0 Å². The lowest BCUT2D eigenvalue weighted by Crippen LogP contribution is -2.40. The summed E-state index contributed by atoms with van der Waals surface area (Å²) in [6.45, 7) is 4.36. The molecule has 0 saturated carbocycles. The second-order valence-corrected chi connectivity index (χ2v) is 8.65. The molecule has 3 heterocycles. The number of methoxy groups -OCH3 is 1. The van der Waals surface area contributed by atoms with Crippen LogP contribution >= 0.6 is 11.3 Å². The maximum absolute atomic E-state index is 13.2. The van der Waals surface area contributed by atoms with E-state index in [1.807, 2.05) is 34.5 Å². The Morgan fingerprint density at radius 3 is 3.00 bits per heavy atom. The molecule has 1 saturated heterocycles. The maximum atomic E-state index is 13.2. The fourth-order valence-corrected chi connectivity index (χ4v) is 4.70. The van der Waals surface area contributed by atoms with Crippen molar-refractivity contribution in [2.45, 2.75) is 38.8 Å². The molecule has 8 heteroatoms. The third kappa shape index (κ3) is 5.14. The van der Waals surface area contributed by atoms with Gasteiger partial charge in [0.05, 0.1) is 25.1 Å². The minimum atomic E-state index is 0.0903. The van der Waals surface area contributed by atoms with Crippen molar-refractivity contribution in [1.29, 1.82) is 0 Å². The normalized spacial score (nSPS) is 16.5. The van der Waals surface area contributed by atoms with Crippen LogP contribution in [0.15, 0.2) is 46.2 Å². The molecular weight excluding hydrogens is 412 g/mol. The number of benzene rings is 1. The largest absolute Gasteiger partial charge is 0.497 e. The minimum absolute atomic E-state index is 0.0903. The first kappa shape index (κ1) is 21.5. The van der Waals surface area contributed by atoms with Gasteiger partial charge in [-0.3, -0.25) is 9.69 Å². The summed E-state index contributed by atoms with van der Waals surface area (Å²) in [6.07, 6.45) is 3.00. The van der Waals surface area contributed by atoms with Gasteiger partial charge < -0.3 is 14.1 Å². The van der Waals surface area contributed by atoms with E-state index >= 15 is 0 Å². The van der Waals surface area contributed by atoms with Crippen molar-refractivity contribution in [3.8, 4) is 16.5 Å². The molecule has 164 valence electrons. The molecule has 1 unspecified atom stereocenters. The number of aromatic nitrogens is 2. The van der Waals surface area contributed by atoms with Gasteiger partial charge in [0.25, 0.3) is 5.89 Å². The van der Waals surface area contributed by atoms with E-state index in [-0.39, 0.29) is 11.9 Å². The molecular formula is C23H28N4O3S. The molecule has 1 aliphatic heterocycles. The van der Waals surface area contributed by atoms with E-state index in [2.05, 4.69) is 34.2 Å². The molecule has 3 aromatic rings. The Kier molecular flexibility index (Phi) is 6.99. The number of ether oxygens (including phenoxy) is 1. The molecule has 7 nitrogen and oxygen atoms in total. The summed E-state index contributed by atoms with van der Waals surface area (Å²) in [7, 11) is 1.68. The predicted octanol–water partition coefficient (Wildman–Crippen LogP) is 4.38. The lowest BCUT2D eigenvalue weighted by atomic mass is 10.0. The second-order valence-electron chi connectivity index (χ2n) is 7.70. The van der Waals surface area contributed by atoms with E-state index in [4.69, 9.17) is 9.15 Å². The number of hydrogen-bond acceptors (Lipinski definition) is 7. The van der Waals surface area contributed by atoms with Crippen LogP contribution in [0.5, 0.6) is 5.75 Å². The van der Waals surface area contributed by atoms with Crippen LogP contribution in [0.1, 0.15) is 43.7 Å². The van der Waals surface area contributed by atoms with Gasteiger partial charge in [0.2, 0.25) is 11.8 Å². The van der Waals surface area contributed by atoms with E-state index in [1.165, 1.54) is 5.56 Å². The van der Waals surface area contributed by atoms with E-state index in [0.717, 1.165) is 36.4 Å². The average Bonchev–Trinajstić information content (AvgIpc) is 3.55. The Hall–Kier alpha value is -2.71. The molecule has 0 spiro atoms. The van der Waals surface area contributed by atoms with Gasteiger partial charge in [-0.1, -0.05) is 25.1 Å². The van der Waals surface area contributed by atoms with Crippen molar-refractivity contribution in [1.82, 2.24) is 20.0 Å². The number of nitrogens with zero attached hydrogens (tertiary/aromatic N) is 4.